The average molecular weight is 675 g/mol. The van der Waals surface area contributed by atoms with Gasteiger partial charge in [0.2, 0.25) is 5.43 Å². The molecule has 0 bridgehead atoms. The topological polar surface area (TPSA) is 99.4 Å². The molecule has 0 amide bonds. The van der Waals surface area contributed by atoms with E-state index in [1.54, 1.807) is 10.8 Å². The van der Waals surface area contributed by atoms with Gasteiger partial charge in [-0.05, 0) is 44.2 Å². The van der Waals surface area contributed by atoms with Gasteiger partial charge in [-0.25, -0.2) is 0 Å². The molecule has 0 radical (unpaired) electrons. The Balaban J connectivity index is 1.83. The lowest BCUT2D eigenvalue weighted by Gasteiger charge is -2.51. The van der Waals surface area contributed by atoms with Crippen LogP contribution in [0.15, 0.2) is 76.1 Å². The van der Waals surface area contributed by atoms with E-state index in [1.165, 1.54) is 14.2 Å². The number of aliphatic hydroxyl groups is 2. The number of hydrogen-bond acceptors (Lipinski definition) is 7. The molecular weight excluding hydrogens is 630 g/mol. The van der Waals surface area contributed by atoms with Gasteiger partial charge in [-0.1, -0.05) is 88.4 Å². The van der Waals surface area contributed by atoms with Crippen LogP contribution >= 0.6 is 15.9 Å². The summed E-state index contributed by atoms with van der Waals surface area (Å²) < 4.78 is 26.5. The monoisotopic (exact) mass is 673 g/mol. The molecular formula is C33H44BrNO7Si. The van der Waals surface area contributed by atoms with Crippen LogP contribution in [0.4, 0.5) is 0 Å². The van der Waals surface area contributed by atoms with Crippen LogP contribution in [0.2, 0.25) is 5.04 Å². The molecule has 2 N–H and O–H groups in total. The van der Waals surface area contributed by atoms with Crippen LogP contribution < -0.4 is 20.5 Å². The van der Waals surface area contributed by atoms with E-state index in [4.69, 9.17) is 18.6 Å². The van der Waals surface area contributed by atoms with E-state index in [-0.39, 0.29) is 36.0 Å². The van der Waals surface area contributed by atoms with Gasteiger partial charge < -0.3 is 33.4 Å². The molecule has 2 heterocycles. The molecule has 0 fully saturated rings. The molecule has 234 valence electrons. The lowest BCUT2D eigenvalue weighted by atomic mass is 9.69. The van der Waals surface area contributed by atoms with Crippen LogP contribution in [0.1, 0.15) is 58.4 Å². The first-order valence-electron chi connectivity index (χ1n) is 14.6. The van der Waals surface area contributed by atoms with Crippen LogP contribution in [-0.2, 0) is 13.9 Å². The number of methoxy groups -OCH3 is 2. The van der Waals surface area contributed by atoms with Gasteiger partial charge in [0.05, 0.1) is 29.4 Å². The van der Waals surface area contributed by atoms with Crippen molar-refractivity contribution in [3.63, 3.8) is 0 Å². The molecule has 2 aromatic carbocycles. The molecule has 1 aliphatic rings. The molecule has 0 saturated carbocycles. The van der Waals surface area contributed by atoms with Crippen LogP contribution in [0.5, 0.6) is 5.75 Å². The predicted molar refractivity (Wildman–Crippen MR) is 174 cm³/mol. The number of nitrogens with zero attached hydrogens (tertiary/aromatic N) is 1. The number of ether oxygens (including phenoxy) is 3. The van der Waals surface area contributed by atoms with E-state index in [2.05, 4.69) is 85.2 Å². The molecule has 4 rings (SSSR count). The van der Waals surface area contributed by atoms with Crippen molar-refractivity contribution in [2.45, 2.75) is 63.8 Å². The van der Waals surface area contributed by atoms with Crippen molar-refractivity contribution < 1.29 is 28.8 Å². The van der Waals surface area contributed by atoms with Gasteiger partial charge in [0.25, 0.3) is 8.32 Å². The molecule has 0 aliphatic carbocycles. The van der Waals surface area contributed by atoms with Crippen LogP contribution in [-0.4, -0.2) is 63.4 Å². The number of halogens is 1. The second-order valence-electron chi connectivity index (χ2n) is 12.4. The third-order valence-corrected chi connectivity index (χ3v) is 14.4. The summed E-state index contributed by atoms with van der Waals surface area (Å²) >= 11 is 3.35. The van der Waals surface area contributed by atoms with E-state index in [0.717, 1.165) is 10.4 Å². The van der Waals surface area contributed by atoms with Gasteiger partial charge in [0, 0.05) is 31.9 Å². The molecule has 3 aromatic rings. The minimum Gasteiger partial charge on any atom is -0.491 e. The minimum atomic E-state index is -2.85. The maximum Gasteiger partial charge on any atom is 0.261 e. The van der Waals surface area contributed by atoms with Crippen molar-refractivity contribution >= 4 is 34.6 Å². The first-order chi connectivity index (χ1) is 20.5. The molecule has 1 aromatic heterocycles. The molecule has 8 nitrogen and oxygen atoms in total. The van der Waals surface area contributed by atoms with Gasteiger partial charge in [-0.2, -0.15) is 0 Å². The average Bonchev–Trinajstić information content (AvgIpc) is 2.99. The fourth-order valence-corrected chi connectivity index (χ4v) is 11.6. The van der Waals surface area contributed by atoms with Gasteiger partial charge >= 0.3 is 0 Å². The van der Waals surface area contributed by atoms with Crippen LogP contribution in [0, 0.1) is 5.41 Å². The van der Waals surface area contributed by atoms with Crippen molar-refractivity contribution in [2.75, 3.05) is 34.2 Å². The summed E-state index contributed by atoms with van der Waals surface area (Å²) in [6, 6.07) is 20.3. The highest BCUT2D eigenvalue weighted by atomic mass is 79.9. The van der Waals surface area contributed by atoms with Crippen LogP contribution in [0.25, 0.3) is 0 Å². The Morgan fingerprint density at radius 3 is 2.09 bits per heavy atom. The highest BCUT2D eigenvalue weighted by molar-refractivity contribution is 9.10. The second-order valence-corrected chi connectivity index (χ2v) is 17.5. The highest BCUT2D eigenvalue weighted by Gasteiger charge is 2.54. The molecule has 0 spiro atoms. The summed E-state index contributed by atoms with van der Waals surface area (Å²) in [4.78, 5) is 13.2. The number of aliphatic hydroxyl groups excluding tert-OH is 2. The Kier molecular flexibility index (Phi) is 10.7. The van der Waals surface area contributed by atoms with E-state index in [1.807, 2.05) is 19.1 Å². The maximum atomic E-state index is 13.2. The van der Waals surface area contributed by atoms with Crippen LogP contribution in [0.3, 0.4) is 0 Å². The van der Waals surface area contributed by atoms with Crippen molar-refractivity contribution in [1.82, 2.24) is 4.57 Å². The Morgan fingerprint density at radius 2 is 1.60 bits per heavy atom. The van der Waals surface area contributed by atoms with E-state index in [0.29, 0.717) is 23.2 Å². The van der Waals surface area contributed by atoms with Gasteiger partial charge in [-0.15, -0.1) is 0 Å². The summed E-state index contributed by atoms with van der Waals surface area (Å²) in [5.41, 5.74) is -0.744. The molecule has 0 saturated heterocycles. The third-order valence-electron chi connectivity index (χ3n) is 8.79. The summed E-state index contributed by atoms with van der Waals surface area (Å²) in [6.07, 6.45) is 0.606. The Hall–Kier alpha value is -2.31. The standard InChI is InChI=1S/C33H44BrNO7Si/c1-32(2,3)43(23-13-9-7-10-14-23,24-15-11-8-12-16-24)42-20-18-33(4)30(38)26(17-19-36)35-21-25(34)28(37)29(40-6)27(35)31(33)41-22-39-5/h7-16,21,26,30-31,36,38H,17-20,22H2,1-6H3. The first kappa shape index (κ1) is 33.6. The summed E-state index contributed by atoms with van der Waals surface area (Å²) in [5, 5.41) is 24.2. The number of aromatic nitrogens is 1. The minimum absolute atomic E-state index is 0.0549. The fraction of sp³-hybridized carbons (Fsp3) is 0.485. The highest BCUT2D eigenvalue weighted by Crippen LogP contribution is 2.53. The van der Waals surface area contributed by atoms with Crippen molar-refractivity contribution in [1.29, 1.82) is 0 Å². The number of fused-ring (bicyclic) bond motifs is 1. The lowest BCUT2D eigenvalue weighted by Crippen LogP contribution is -2.66. The molecule has 43 heavy (non-hydrogen) atoms. The lowest BCUT2D eigenvalue weighted by molar-refractivity contribution is -0.179. The Bertz CT molecular complexity index is 1370. The van der Waals surface area contributed by atoms with Crippen molar-refractivity contribution in [2.24, 2.45) is 5.41 Å². The molecule has 1 aliphatic heterocycles. The first-order valence-corrected chi connectivity index (χ1v) is 17.3. The zero-order valence-corrected chi connectivity index (χ0v) is 28.5. The Morgan fingerprint density at radius 1 is 1.02 bits per heavy atom. The van der Waals surface area contributed by atoms with Crippen molar-refractivity contribution in [3.05, 3.63) is 87.3 Å². The van der Waals surface area contributed by atoms with Gasteiger partial charge in [0.15, 0.2) is 5.75 Å². The molecule has 4 atom stereocenters. The predicted octanol–water partition coefficient (Wildman–Crippen LogP) is 4.55. The summed E-state index contributed by atoms with van der Waals surface area (Å²) in [6.45, 7) is 8.75. The summed E-state index contributed by atoms with van der Waals surface area (Å²) in [5.74, 6) is 0.129. The van der Waals surface area contributed by atoms with E-state index < -0.39 is 32.0 Å². The smallest absolute Gasteiger partial charge is 0.261 e. The molecule has 4 unspecified atom stereocenters. The molecule has 10 heteroatoms. The largest absolute Gasteiger partial charge is 0.491 e. The zero-order chi connectivity index (χ0) is 31.4. The zero-order valence-electron chi connectivity index (χ0n) is 25.9. The second kappa shape index (κ2) is 13.8. The van der Waals surface area contributed by atoms with Gasteiger partial charge in [-0.3, -0.25) is 4.79 Å². The quantitative estimate of drug-likeness (QED) is 0.215. The summed E-state index contributed by atoms with van der Waals surface area (Å²) in [7, 11) is 0.135. The van der Waals surface area contributed by atoms with Gasteiger partial charge in [0.1, 0.15) is 12.9 Å². The number of rotatable bonds is 12. The number of hydrogen-bond donors (Lipinski definition) is 2. The maximum absolute atomic E-state index is 13.2. The SMILES string of the molecule is COCOC1c2c(OC)c(=O)c(Br)cn2C(CCO)C(O)C1(C)CCO[Si](c1ccccc1)(c1ccccc1)C(C)(C)C. The number of pyridine rings is 1. The van der Waals surface area contributed by atoms with E-state index in [9.17, 15) is 15.0 Å². The van der Waals surface area contributed by atoms with E-state index >= 15 is 0 Å². The number of benzene rings is 2. The fourth-order valence-electron chi connectivity index (χ4n) is 6.68. The van der Waals surface area contributed by atoms with Crippen molar-refractivity contribution in [3.8, 4) is 5.75 Å². The Labute approximate surface area is 263 Å². The third kappa shape index (κ3) is 6.16. The normalized spacial score (nSPS) is 22.3.